The highest BCUT2D eigenvalue weighted by atomic mass is 16.6. The van der Waals surface area contributed by atoms with Crippen molar-refractivity contribution in [1.82, 2.24) is 0 Å². The van der Waals surface area contributed by atoms with E-state index in [1.54, 1.807) is 0 Å². The summed E-state index contributed by atoms with van der Waals surface area (Å²) in [5.41, 5.74) is 0. The maximum Gasteiger partial charge on any atom is 0.309 e. The number of unbranched alkanes of at least 4 members (excludes halogenated alkanes) is 4. The summed E-state index contributed by atoms with van der Waals surface area (Å²) in [6.07, 6.45) is 36.8. The number of hydrogen-bond donors (Lipinski definition) is 0. The van der Waals surface area contributed by atoms with Gasteiger partial charge in [0.25, 0.3) is 0 Å². The first-order valence-corrected chi connectivity index (χ1v) is 21.9. The summed E-state index contributed by atoms with van der Waals surface area (Å²) in [5, 5.41) is 0. The predicted molar refractivity (Wildman–Crippen MR) is 197 cm³/mol. The maximum atomic E-state index is 13.6. The lowest BCUT2D eigenvalue weighted by Crippen LogP contribution is -2.38. The van der Waals surface area contributed by atoms with E-state index in [0.717, 1.165) is 74.0 Å². The molecule has 0 amide bonds. The monoisotopic (exact) mass is 669 g/mol. The molecule has 5 aliphatic rings. The van der Waals surface area contributed by atoms with Crippen molar-refractivity contribution >= 4 is 11.9 Å². The predicted octanol–water partition coefficient (Wildman–Crippen LogP) is 12.4. The molecule has 1 atom stereocenters. The van der Waals surface area contributed by atoms with E-state index in [4.69, 9.17) is 9.47 Å². The topological polar surface area (TPSA) is 52.6 Å². The molecular formula is C44H76O4. The molecule has 1 unspecified atom stereocenters. The van der Waals surface area contributed by atoms with Gasteiger partial charge in [0.05, 0.1) is 11.8 Å². The van der Waals surface area contributed by atoms with Crippen molar-refractivity contribution in [2.45, 2.75) is 206 Å². The summed E-state index contributed by atoms with van der Waals surface area (Å²) in [4.78, 5) is 26.9. The summed E-state index contributed by atoms with van der Waals surface area (Å²) in [5.74, 6) is 5.70. The van der Waals surface area contributed by atoms with E-state index in [1.165, 1.54) is 148 Å². The van der Waals surface area contributed by atoms with Crippen molar-refractivity contribution in [3.63, 3.8) is 0 Å². The Morgan fingerprint density at radius 1 is 0.500 bits per heavy atom. The molecule has 276 valence electrons. The zero-order valence-corrected chi connectivity index (χ0v) is 31.6. The minimum absolute atomic E-state index is 0.000276. The Kier molecular flexibility index (Phi) is 16.5. The Morgan fingerprint density at radius 2 is 0.917 bits per heavy atom. The van der Waals surface area contributed by atoms with Gasteiger partial charge in [0.15, 0.2) is 0 Å². The summed E-state index contributed by atoms with van der Waals surface area (Å²) in [6.45, 7) is 4.88. The third-order valence-corrected chi connectivity index (χ3v) is 14.6. The second-order valence-electron chi connectivity index (χ2n) is 17.8. The average molecular weight is 669 g/mol. The molecule has 4 heteroatoms. The highest BCUT2D eigenvalue weighted by Gasteiger charge is 2.37. The Balaban J connectivity index is 1.01. The minimum Gasteiger partial charge on any atom is -0.462 e. The molecule has 0 aromatic heterocycles. The molecule has 48 heavy (non-hydrogen) atoms. The highest BCUT2D eigenvalue weighted by Crippen LogP contribution is 2.44. The quantitative estimate of drug-likeness (QED) is 0.121. The van der Waals surface area contributed by atoms with Gasteiger partial charge < -0.3 is 9.47 Å². The van der Waals surface area contributed by atoms with Crippen LogP contribution in [-0.4, -0.2) is 24.6 Å². The van der Waals surface area contributed by atoms with E-state index in [1.807, 2.05) is 0 Å². The van der Waals surface area contributed by atoms with E-state index < -0.39 is 0 Å². The number of rotatable bonds is 16. The van der Waals surface area contributed by atoms with Crippen LogP contribution in [0.1, 0.15) is 200 Å². The van der Waals surface area contributed by atoms with Gasteiger partial charge >= 0.3 is 11.9 Å². The normalized spacial score (nSPS) is 34.3. The van der Waals surface area contributed by atoms with E-state index in [2.05, 4.69) is 13.8 Å². The van der Waals surface area contributed by atoms with Crippen LogP contribution in [0.15, 0.2) is 0 Å². The third-order valence-electron chi connectivity index (χ3n) is 14.6. The van der Waals surface area contributed by atoms with E-state index >= 15 is 0 Å². The second-order valence-corrected chi connectivity index (χ2v) is 17.8. The van der Waals surface area contributed by atoms with Crippen LogP contribution < -0.4 is 0 Å². The van der Waals surface area contributed by atoms with Crippen LogP contribution in [0.2, 0.25) is 0 Å². The molecule has 5 saturated carbocycles. The van der Waals surface area contributed by atoms with Gasteiger partial charge in [0.2, 0.25) is 0 Å². The molecule has 5 fully saturated rings. The zero-order chi connectivity index (χ0) is 33.6. The smallest absolute Gasteiger partial charge is 0.309 e. The number of carbonyl (C=O) groups excluding carboxylic acids is 2. The SMILES string of the molecule is CCCCCC1CCC(C2CCC(C(=O)OCC(OC(=O)C3CCC(C4CCC(CCCCC)CC4)CC3)C3CCCCC3)CC2)CC1. The molecule has 0 N–H and O–H groups in total. The summed E-state index contributed by atoms with van der Waals surface area (Å²) >= 11 is 0. The number of hydrogen-bond acceptors (Lipinski definition) is 4. The van der Waals surface area contributed by atoms with Gasteiger partial charge in [-0.2, -0.15) is 0 Å². The van der Waals surface area contributed by atoms with Gasteiger partial charge in [0, 0.05) is 0 Å². The fraction of sp³-hybridized carbons (Fsp3) is 0.955. The first-order chi connectivity index (χ1) is 23.5. The minimum atomic E-state index is -0.258. The van der Waals surface area contributed by atoms with E-state index in [-0.39, 0.29) is 36.5 Å². The van der Waals surface area contributed by atoms with Crippen LogP contribution in [0.5, 0.6) is 0 Å². The van der Waals surface area contributed by atoms with Crippen LogP contribution in [0.4, 0.5) is 0 Å². The molecule has 0 aliphatic heterocycles. The van der Waals surface area contributed by atoms with Gasteiger partial charge in [-0.1, -0.05) is 110 Å². The number of esters is 2. The van der Waals surface area contributed by atoms with Gasteiger partial charge in [-0.05, 0) is 131 Å². The van der Waals surface area contributed by atoms with E-state index in [0.29, 0.717) is 5.92 Å². The van der Waals surface area contributed by atoms with Gasteiger partial charge in [0.1, 0.15) is 12.7 Å². The van der Waals surface area contributed by atoms with E-state index in [9.17, 15) is 9.59 Å². The largest absolute Gasteiger partial charge is 0.462 e. The van der Waals surface area contributed by atoms with Gasteiger partial charge in [-0.25, -0.2) is 0 Å². The molecule has 0 aromatic rings. The third kappa shape index (κ3) is 11.7. The lowest BCUT2D eigenvalue weighted by atomic mass is 9.68. The molecule has 0 spiro atoms. The molecule has 0 bridgehead atoms. The second kappa shape index (κ2) is 20.7. The Morgan fingerprint density at radius 3 is 1.35 bits per heavy atom. The van der Waals surface area contributed by atoms with Crippen molar-refractivity contribution in [3.05, 3.63) is 0 Å². The molecular weight excluding hydrogens is 592 g/mol. The van der Waals surface area contributed by atoms with Crippen molar-refractivity contribution in [1.29, 1.82) is 0 Å². The Labute approximate surface area is 296 Å². The standard InChI is InChI=1S/C44H76O4/c1-3-5-8-12-33-16-20-35(21-17-33)37-24-28-40(29-25-37)43(45)47-32-42(39-14-10-7-11-15-39)48-44(46)41-30-26-38(27-31-41)36-22-18-34(19-23-36)13-9-6-4-2/h33-42H,3-32H2,1-2H3. The first kappa shape index (κ1) is 38.2. The molecule has 0 radical (unpaired) electrons. The molecule has 5 aliphatic carbocycles. The van der Waals surface area contributed by atoms with Crippen LogP contribution >= 0.6 is 0 Å². The fourth-order valence-corrected chi connectivity index (χ4v) is 11.2. The summed E-state index contributed by atoms with van der Waals surface area (Å²) < 4.78 is 12.4. The van der Waals surface area contributed by atoms with Crippen LogP contribution in [0.25, 0.3) is 0 Å². The lowest BCUT2D eigenvalue weighted by Gasteiger charge is -2.38. The van der Waals surface area contributed by atoms with Crippen molar-refractivity contribution < 1.29 is 19.1 Å². The highest BCUT2D eigenvalue weighted by molar-refractivity contribution is 5.73. The number of ether oxygens (including phenoxy) is 2. The van der Waals surface area contributed by atoms with Crippen LogP contribution in [0, 0.1) is 53.3 Å². The Hall–Kier alpha value is -1.06. The summed E-state index contributed by atoms with van der Waals surface area (Å²) in [6, 6.07) is 0. The molecule has 0 heterocycles. The van der Waals surface area contributed by atoms with Crippen molar-refractivity contribution in [2.75, 3.05) is 6.61 Å². The van der Waals surface area contributed by atoms with Crippen molar-refractivity contribution in [3.8, 4) is 0 Å². The molecule has 4 nitrogen and oxygen atoms in total. The lowest BCUT2D eigenvalue weighted by molar-refractivity contribution is -0.170. The fourth-order valence-electron chi connectivity index (χ4n) is 11.2. The first-order valence-electron chi connectivity index (χ1n) is 21.9. The molecule has 0 aromatic carbocycles. The molecule has 5 rings (SSSR count). The zero-order valence-electron chi connectivity index (χ0n) is 31.6. The Bertz CT molecular complexity index is 893. The summed E-state index contributed by atoms with van der Waals surface area (Å²) in [7, 11) is 0. The van der Waals surface area contributed by atoms with Gasteiger partial charge in [-0.3, -0.25) is 9.59 Å². The van der Waals surface area contributed by atoms with Crippen LogP contribution in [0.3, 0.4) is 0 Å². The number of carbonyl (C=O) groups is 2. The van der Waals surface area contributed by atoms with Gasteiger partial charge in [-0.15, -0.1) is 0 Å². The van der Waals surface area contributed by atoms with Crippen LogP contribution in [-0.2, 0) is 19.1 Å². The average Bonchev–Trinajstić information content (AvgIpc) is 3.14. The van der Waals surface area contributed by atoms with Crippen molar-refractivity contribution in [2.24, 2.45) is 53.3 Å². The maximum absolute atomic E-state index is 13.6. The molecule has 0 saturated heterocycles.